The molecule has 1 heterocycles. The zero-order valence-corrected chi connectivity index (χ0v) is 11.8. The van der Waals surface area contributed by atoms with Gasteiger partial charge in [0.25, 0.3) is 0 Å². The van der Waals surface area contributed by atoms with Crippen LogP contribution in [-0.4, -0.2) is 35.0 Å². The maximum atomic E-state index is 5.73. The number of hydrogen-bond acceptors (Lipinski definition) is 4. The fraction of sp³-hybridized carbons (Fsp3) is 0.615. The fourth-order valence-electron chi connectivity index (χ4n) is 1.91. The summed E-state index contributed by atoms with van der Waals surface area (Å²) < 4.78 is 0. The fourth-order valence-corrected chi connectivity index (χ4v) is 2.79. The molecule has 0 bridgehead atoms. The molecule has 0 aliphatic carbocycles. The van der Waals surface area contributed by atoms with E-state index < -0.39 is 0 Å². The molecule has 0 amide bonds. The minimum atomic E-state index is 0.566. The van der Waals surface area contributed by atoms with E-state index in [0.717, 1.165) is 23.6 Å². The van der Waals surface area contributed by atoms with Gasteiger partial charge in [-0.25, -0.2) is 0 Å². The minimum absolute atomic E-state index is 0.566. The van der Waals surface area contributed by atoms with E-state index in [1.165, 1.54) is 6.42 Å². The number of nitrogens with two attached hydrogens (primary N) is 1. The summed E-state index contributed by atoms with van der Waals surface area (Å²) in [5, 5.41) is 0. The van der Waals surface area contributed by atoms with Gasteiger partial charge in [0, 0.05) is 31.1 Å². The summed E-state index contributed by atoms with van der Waals surface area (Å²) in [7, 11) is 2.17. The van der Waals surface area contributed by atoms with Gasteiger partial charge >= 0.3 is 0 Å². The van der Waals surface area contributed by atoms with Crippen molar-refractivity contribution < 1.29 is 0 Å². The maximum absolute atomic E-state index is 5.73. The van der Waals surface area contributed by atoms with Crippen molar-refractivity contribution in [3.05, 3.63) is 29.6 Å². The molecule has 3 nitrogen and oxygen atoms in total. The Labute approximate surface area is 109 Å². The van der Waals surface area contributed by atoms with Crippen LogP contribution in [0.3, 0.4) is 0 Å². The molecule has 0 radical (unpaired) electrons. The normalized spacial score (nSPS) is 13.0. The van der Waals surface area contributed by atoms with Crippen molar-refractivity contribution in [2.75, 3.05) is 19.1 Å². The van der Waals surface area contributed by atoms with Gasteiger partial charge in [0.2, 0.25) is 0 Å². The number of thioether (sulfide) groups is 1. The molecule has 0 aliphatic heterocycles. The first-order valence-corrected chi connectivity index (χ1v) is 7.44. The number of pyridine rings is 1. The zero-order chi connectivity index (χ0) is 12.7. The second-order valence-corrected chi connectivity index (χ2v) is 5.16. The summed E-state index contributed by atoms with van der Waals surface area (Å²) in [5.74, 6) is 1.16. The Morgan fingerprint density at radius 2 is 2.29 bits per heavy atom. The van der Waals surface area contributed by atoms with Crippen molar-refractivity contribution in [2.45, 2.75) is 32.5 Å². The van der Waals surface area contributed by atoms with Crippen LogP contribution in [0.4, 0.5) is 0 Å². The lowest BCUT2D eigenvalue weighted by Crippen LogP contribution is -2.33. The van der Waals surface area contributed by atoms with Crippen molar-refractivity contribution >= 4 is 11.8 Å². The Morgan fingerprint density at radius 3 is 2.88 bits per heavy atom. The van der Waals surface area contributed by atoms with Crippen molar-refractivity contribution in [1.82, 2.24) is 9.88 Å². The SMILES string of the molecule is CCC(CSC)N(C)Cc1ncccc1CN. The van der Waals surface area contributed by atoms with Crippen molar-refractivity contribution in [3.63, 3.8) is 0 Å². The standard InChI is InChI=1S/C13H23N3S/c1-4-12(10-17-3)16(2)9-13-11(8-14)6-5-7-15-13/h5-7,12H,4,8-10,14H2,1-3H3. The largest absolute Gasteiger partial charge is 0.326 e. The Morgan fingerprint density at radius 1 is 1.53 bits per heavy atom. The van der Waals surface area contributed by atoms with Gasteiger partial charge in [-0.15, -0.1) is 0 Å². The van der Waals surface area contributed by atoms with Crippen LogP contribution in [0.5, 0.6) is 0 Å². The predicted octanol–water partition coefficient (Wildman–Crippen LogP) is 2.11. The molecule has 1 aromatic heterocycles. The van der Waals surface area contributed by atoms with Gasteiger partial charge < -0.3 is 5.73 Å². The molecule has 1 atom stereocenters. The Balaban J connectivity index is 2.68. The van der Waals surface area contributed by atoms with E-state index in [1.807, 2.05) is 24.0 Å². The Bertz CT molecular complexity index is 330. The first-order valence-electron chi connectivity index (χ1n) is 6.04. The second-order valence-electron chi connectivity index (χ2n) is 4.25. The smallest absolute Gasteiger partial charge is 0.0588 e. The Hall–Kier alpha value is -0.580. The number of rotatable bonds is 7. The number of nitrogens with zero attached hydrogens (tertiary/aromatic N) is 2. The van der Waals surface area contributed by atoms with Gasteiger partial charge in [0.1, 0.15) is 0 Å². The first kappa shape index (κ1) is 14.5. The Kier molecular flexibility index (Phi) is 6.55. The predicted molar refractivity (Wildman–Crippen MR) is 76.1 cm³/mol. The summed E-state index contributed by atoms with van der Waals surface area (Å²) >= 11 is 1.90. The average molecular weight is 253 g/mol. The van der Waals surface area contributed by atoms with Gasteiger partial charge in [-0.1, -0.05) is 13.0 Å². The summed E-state index contributed by atoms with van der Waals surface area (Å²) in [6.07, 6.45) is 5.17. The highest BCUT2D eigenvalue weighted by molar-refractivity contribution is 7.98. The van der Waals surface area contributed by atoms with E-state index in [0.29, 0.717) is 12.6 Å². The van der Waals surface area contributed by atoms with E-state index in [2.05, 4.69) is 36.2 Å². The second kappa shape index (κ2) is 7.69. The summed E-state index contributed by atoms with van der Waals surface area (Å²) in [4.78, 5) is 6.81. The van der Waals surface area contributed by atoms with E-state index in [1.54, 1.807) is 0 Å². The molecule has 2 N–H and O–H groups in total. The molecule has 0 aromatic carbocycles. The lowest BCUT2D eigenvalue weighted by Gasteiger charge is -2.26. The quantitative estimate of drug-likeness (QED) is 0.808. The molecule has 0 saturated carbocycles. The topological polar surface area (TPSA) is 42.2 Å². The molecular formula is C13H23N3S. The van der Waals surface area contributed by atoms with E-state index in [4.69, 9.17) is 5.73 Å². The van der Waals surface area contributed by atoms with E-state index in [9.17, 15) is 0 Å². The van der Waals surface area contributed by atoms with Gasteiger partial charge in [-0.05, 0) is 31.4 Å². The van der Waals surface area contributed by atoms with Gasteiger partial charge in [0.15, 0.2) is 0 Å². The third kappa shape index (κ3) is 4.30. The molecule has 0 saturated heterocycles. The molecule has 96 valence electrons. The van der Waals surface area contributed by atoms with Crippen LogP contribution >= 0.6 is 11.8 Å². The molecule has 0 fully saturated rings. The van der Waals surface area contributed by atoms with Gasteiger partial charge in [0.05, 0.1) is 5.69 Å². The molecule has 0 spiro atoms. The third-order valence-electron chi connectivity index (χ3n) is 3.06. The molecule has 17 heavy (non-hydrogen) atoms. The molecule has 4 heteroatoms. The number of hydrogen-bond donors (Lipinski definition) is 1. The van der Waals surface area contributed by atoms with Crippen molar-refractivity contribution in [2.24, 2.45) is 5.73 Å². The lowest BCUT2D eigenvalue weighted by atomic mass is 10.1. The van der Waals surface area contributed by atoms with Crippen LogP contribution in [0.15, 0.2) is 18.3 Å². The highest BCUT2D eigenvalue weighted by Crippen LogP contribution is 2.13. The van der Waals surface area contributed by atoms with E-state index in [-0.39, 0.29) is 0 Å². The molecule has 1 rings (SSSR count). The van der Waals surface area contributed by atoms with Gasteiger partial charge in [-0.3, -0.25) is 9.88 Å². The highest BCUT2D eigenvalue weighted by atomic mass is 32.2. The van der Waals surface area contributed by atoms with Crippen LogP contribution in [0.1, 0.15) is 24.6 Å². The van der Waals surface area contributed by atoms with Crippen LogP contribution in [-0.2, 0) is 13.1 Å². The molecular weight excluding hydrogens is 230 g/mol. The lowest BCUT2D eigenvalue weighted by molar-refractivity contribution is 0.244. The van der Waals surface area contributed by atoms with Crippen molar-refractivity contribution in [3.8, 4) is 0 Å². The van der Waals surface area contributed by atoms with Crippen LogP contribution in [0, 0.1) is 0 Å². The first-order chi connectivity index (χ1) is 8.22. The summed E-state index contributed by atoms with van der Waals surface area (Å²) in [6, 6.07) is 4.62. The monoisotopic (exact) mass is 253 g/mol. The van der Waals surface area contributed by atoms with Crippen LogP contribution in [0.25, 0.3) is 0 Å². The van der Waals surface area contributed by atoms with E-state index >= 15 is 0 Å². The third-order valence-corrected chi connectivity index (χ3v) is 3.78. The van der Waals surface area contributed by atoms with Crippen LogP contribution in [0.2, 0.25) is 0 Å². The molecule has 0 aliphatic rings. The molecule has 1 unspecified atom stereocenters. The summed E-state index contributed by atoms with van der Waals surface area (Å²) in [6.45, 7) is 3.68. The van der Waals surface area contributed by atoms with Crippen molar-refractivity contribution in [1.29, 1.82) is 0 Å². The maximum Gasteiger partial charge on any atom is 0.0588 e. The van der Waals surface area contributed by atoms with Gasteiger partial charge in [-0.2, -0.15) is 11.8 Å². The van der Waals surface area contributed by atoms with Crippen LogP contribution < -0.4 is 5.73 Å². The number of aromatic nitrogens is 1. The minimum Gasteiger partial charge on any atom is -0.326 e. The highest BCUT2D eigenvalue weighted by Gasteiger charge is 2.14. The zero-order valence-electron chi connectivity index (χ0n) is 11.0. The average Bonchev–Trinajstić information content (AvgIpc) is 2.36. The molecule has 1 aromatic rings. The summed E-state index contributed by atoms with van der Waals surface area (Å²) in [5.41, 5.74) is 7.99.